The van der Waals surface area contributed by atoms with E-state index in [1.165, 1.54) is 0 Å². The van der Waals surface area contributed by atoms with Gasteiger partial charge in [-0.25, -0.2) is 13.1 Å². The third-order valence-electron chi connectivity index (χ3n) is 4.47. The third-order valence-corrected chi connectivity index (χ3v) is 6.74. The van der Waals surface area contributed by atoms with Crippen molar-refractivity contribution in [1.82, 2.24) is 9.78 Å². The van der Waals surface area contributed by atoms with Crippen molar-refractivity contribution in [2.45, 2.75) is 18.4 Å². The fourth-order valence-corrected chi connectivity index (χ4v) is 5.15. The number of aryl methyl sites for hydroxylation is 1. The van der Waals surface area contributed by atoms with Gasteiger partial charge in [0.1, 0.15) is 5.82 Å². The first-order chi connectivity index (χ1) is 13.2. The Labute approximate surface area is 175 Å². The zero-order valence-electron chi connectivity index (χ0n) is 14.7. The smallest absolute Gasteiger partial charge is 0.258 e. The van der Waals surface area contributed by atoms with Crippen LogP contribution in [-0.4, -0.2) is 24.1 Å². The predicted octanol–water partition coefficient (Wildman–Crippen LogP) is 4.28. The minimum absolute atomic E-state index is 0.137. The van der Waals surface area contributed by atoms with E-state index in [-0.39, 0.29) is 17.1 Å². The van der Waals surface area contributed by atoms with Crippen LogP contribution in [-0.2, 0) is 21.3 Å². The molecule has 0 saturated heterocycles. The number of halogens is 2. The van der Waals surface area contributed by atoms with Crippen LogP contribution in [0.1, 0.15) is 27.2 Å². The van der Waals surface area contributed by atoms with E-state index in [2.05, 4.69) is 26.3 Å². The van der Waals surface area contributed by atoms with Gasteiger partial charge in [0, 0.05) is 10.0 Å². The van der Waals surface area contributed by atoms with Crippen LogP contribution in [0.3, 0.4) is 0 Å². The number of nitrogens with zero attached hydrogens (tertiary/aromatic N) is 2. The Bertz CT molecular complexity index is 1200. The van der Waals surface area contributed by atoms with E-state index in [0.29, 0.717) is 26.6 Å². The SMILES string of the molecule is Cc1ccc(-n2nc3c(c2NC(=O)c2cc(Br)ccc2Cl)CS(=O)(=O)C3)cc1. The maximum absolute atomic E-state index is 12.9. The van der Waals surface area contributed by atoms with Crippen LogP contribution in [0.5, 0.6) is 0 Å². The van der Waals surface area contributed by atoms with Crippen molar-refractivity contribution in [3.05, 3.63) is 74.3 Å². The van der Waals surface area contributed by atoms with Crippen LogP contribution >= 0.6 is 27.5 Å². The molecule has 0 fully saturated rings. The summed E-state index contributed by atoms with van der Waals surface area (Å²) in [7, 11) is -3.27. The number of hydrogen-bond donors (Lipinski definition) is 1. The quantitative estimate of drug-likeness (QED) is 0.607. The Hall–Kier alpha value is -2.16. The van der Waals surface area contributed by atoms with Crippen molar-refractivity contribution in [3.63, 3.8) is 0 Å². The summed E-state index contributed by atoms with van der Waals surface area (Å²) < 4.78 is 26.4. The summed E-state index contributed by atoms with van der Waals surface area (Å²) in [6.07, 6.45) is 0. The van der Waals surface area contributed by atoms with Gasteiger partial charge in [-0.05, 0) is 37.3 Å². The second-order valence-electron chi connectivity index (χ2n) is 6.63. The molecule has 1 N–H and O–H groups in total. The molecular weight excluding hydrogens is 466 g/mol. The number of carbonyl (C=O) groups excluding carboxylic acids is 1. The number of hydrogen-bond acceptors (Lipinski definition) is 4. The molecule has 9 heteroatoms. The number of anilines is 1. The van der Waals surface area contributed by atoms with E-state index >= 15 is 0 Å². The zero-order chi connectivity index (χ0) is 20.1. The molecule has 0 aliphatic carbocycles. The Kier molecular flexibility index (Phi) is 4.81. The molecule has 1 aromatic heterocycles. The minimum atomic E-state index is -3.27. The summed E-state index contributed by atoms with van der Waals surface area (Å²) >= 11 is 9.50. The van der Waals surface area contributed by atoms with Gasteiger partial charge in [0.25, 0.3) is 5.91 Å². The molecule has 1 aliphatic heterocycles. The maximum atomic E-state index is 12.9. The zero-order valence-corrected chi connectivity index (χ0v) is 17.9. The number of fused-ring (bicyclic) bond motifs is 1. The molecule has 2 aromatic carbocycles. The minimum Gasteiger partial charge on any atom is -0.306 e. The van der Waals surface area contributed by atoms with E-state index in [1.54, 1.807) is 22.9 Å². The van der Waals surface area contributed by atoms with Gasteiger partial charge in [0.2, 0.25) is 0 Å². The Morgan fingerprint density at radius 1 is 1.18 bits per heavy atom. The van der Waals surface area contributed by atoms with Gasteiger partial charge in [-0.1, -0.05) is 45.2 Å². The molecule has 144 valence electrons. The molecular formula is C19H15BrClN3O3S. The topological polar surface area (TPSA) is 81.1 Å². The summed E-state index contributed by atoms with van der Waals surface area (Å²) in [5, 5.41) is 7.57. The normalized spacial score (nSPS) is 14.7. The molecule has 0 unspecified atom stereocenters. The van der Waals surface area contributed by atoms with Crippen molar-refractivity contribution >= 4 is 49.1 Å². The summed E-state index contributed by atoms with van der Waals surface area (Å²) in [4.78, 5) is 12.9. The largest absolute Gasteiger partial charge is 0.306 e. The highest BCUT2D eigenvalue weighted by Gasteiger charge is 2.33. The van der Waals surface area contributed by atoms with Crippen LogP contribution < -0.4 is 5.32 Å². The molecule has 28 heavy (non-hydrogen) atoms. The Balaban J connectivity index is 1.80. The molecule has 2 heterocycles. The van der Waals surface area contributed by atoms with Crippen molar-refractivity contribution in [3.8, 4) is 5.69 Å². The van der Waals surface area contributed by atoms with Gasteiger partial charge in [0.15, 0.2) is 9.84 Å². The third kappa shape index (κ3) is 3.59. The number of rotatable bonds is 3. The van der Waals surface area contributed by atoms with E-state index in [1.807, 2.05) is 31.2 Å². The van der Waals surface area contributed by atoms with Gasteiger partial charge in [-0.15, -0.1) is 0 Å². The van der Waals surface area contributed by atoms with Crippen molar-refractivity contribution < 1.29 is 13.2 Å². The summed E-state index contributed by atoms with van der Waals surface area (Å²) in [6, 6.07) is 12.6. The van der Waals surface area contributed by atoms with Crippen LogP contribution in [0.2, 0.25) is 5.02 Å². The molecule has 0 spiro atoms. The number of benzene rings is 2. The predicted molar refractivity (Wildman–Crippen MR) is 112 cm³/mol. The molecule has 1 aliphatic rings. The number of nitrogens with one attached hydrogen (secondary N) is 1. The molecule has 0 radical (unpaired) electrons. The monoisotopic (exact) mass is 479 g/mol. The van der Waals surface area contributed by atoms with Crippen LogP contribution in [0, 0.1) is 6.92 Å². The second-order valence-corrected chi connectivity index (χ2v) is 10.0. The molecule has 0 atom stereocenters. The summed E-state index contributed by atoms with van der Waals surface area (Å²) in [5.41, 5.74) is 3.06. The van der Waals surface area contributed by atoms with Crippen LogP contribution in [0.4, 0.5) is 5.82 Å². The number of aromatic nitrogens is 2. The lowest BCUT2D eigenvalue weighted by Crippen LogP contribution is -2.17. The standard InChI is InChI=1S/C19H15BrClN3O3S/c1-11-2-5-13(6-3-11)24-18(15-9-28(26,27)10-17(15)23-24)22-19(25)14-8-12(20)4-7-16(14)21/h2-8H,9-10H2,1H3,(H,22,25). The highest BCUT2D eigenvalue weighted by Crippen LogP contribution is 2.33. The first-order valence-corrected chi connectivity index (χ1v) is 11.4. The van der Waals surface area contributed by atoms with E-state index < -0.39 is 15.7 Å². The number of carbonyl (C=O) groups is 1. The Morgan fingerprint density at radius 2 is 1.89 bits per heavy atom. The molecule has 1 amide bonds. The Morgan fingerprint density at radius 3 is 2.61 bits per heavy atom. The van der Waals surface area contributed by atoms with Crippen molar-refractivity contribution in [1.29, 1.82) is 0 Å². The first-order valence-electron chi connectivity index (χ1n) is 8.38. The van der Waals surface area contributed by atoms with E-state index in [9.17, 15) is 13.2 Å². The molecule has 6 nitrogen and oxygen atoms in total. The average molecular weight is 481 g/mol. The average Bonchev–Trinajstić information content (AvgIpc) is 3.10. The van der Waals surface area contributed by atoms with Gasteiger partial charge in [-0.3, -0.25) is 4.79 Å². The van der Waals surface area contributed by atoms with Crippen molar-refractivity contribution in [2.24, 2.45) is 0 Å². The lowest BCUT2D eigenvalue weighted by atomic mass is 10.2. The van der Waals surface area contributed by atoms with Crippen LogP contribution in [0.15, 0.2) is 46.9 Å². The maximum Gasteiger partial charge on any atom is 0.258 e. The fourth-order valence-electron chi connectivity index (χ4n) is 3.09. The highest BCUT2D eigenvalue weighted by atomic mass is 79.9. The lowest BCUT2D eigenvalue weighted by Gasteiger charge is -2.12. The van der Waals surface area contributed by atoms with E-state index in [0.717, 1.165) is 11.3 Å². The molecule has 0 bridgehead atoms. The first kappa shape index (κ1) is 19.2. The molecule has 3 aromatic rings. The number of sulfone groups is 1. The summed E-state index contributed by atoms with van der Waals surface area (Å²) in [6.45, 7) is 1.97. The number of amides is 1. The van der Waals surface area contributed by atoms with Gasteiger partial charge in [-0.2, -0.15) is 5.10 Å². The summed E-state index contributed by atoms with van der Waals surface area (Å²) in [5.74, 6) is -0.384. The molecule has 4 rings (SSSR count). The van der Waals surface area contributed by atoms with E-state index in [4.69, 9.17) is 11.6 Å². The van der Waals surface area contributed by atoms with Crippen LogP contribution in [0.25, 0.3) is 5.69 Å². The fraction of sp³-hybridized carbons (Fsp3) is 0.158. The highest BCUT2D eigenvalue weighted by molar-refractivity contribution is 9.10. The molecule has 0 saturated carbocycles. The van der Waals surface area contributed by atoms with Crippen molar-refractivity contribution in [2.75, 3.05) is 5.32 Å². The van der Waals surface area contributed by atoms with Gasteiger partial charge >= 0.3 is 0 Å². The lowest BCUT2D eigenvalue weighted by molar-refractivity contribution is 0.102. The van der Waals surface area contributed by atoms with Gasteiger partial charge in [0.05, 0.1) is 33.5 Å². The van der Waals surface area contributed by atoms with Gasteiger partial charge < -0.3 is 5.32 Å². The second kappa shape index (κ2) is 7.02.